The van der Waals surface area contributed by atoms with Crippen LogP contribution in [0.15, 0.2) is 0 Å². The first-order chi connectivity index (χ1) is 71.0. The number of rotatable bonds is 107. The fourth-order valence-electron chi connectivity index (χ4n) is 12.7. The first-order valence-corrected chi connectivity index (χ1v) is 48.9. The van der Waals surface area contributed by atoms with Crippen molar-refractivity contribution in [3.05, 3.63) is 0 Å². The Hall–Kier alpha value is -4.27. The monoisotopic (exact) mass is 2180 g/mol. The topological polar surface area (TPSA) is 910 Å². The Bertz CT molecular complexity index is 2620. The highest BCUT2D eigenvalue weighted by atomic mass is 16.6. The quantitative estimate of drug-likeness (QED) is 0.0199. The molecular formula is C87H177N7O54. The van der Waals surface area contributed by atoms with E-state index in [1.807, 2.05) is 0 Å². The van der Waals surface area contributed by atoms with Crippen LogP contribution in [0.4, 0.5) is 14.4 Å². The molecule has 0 aromatic rings. The minimum Gasteiger partial charge on any atom is -0.449 e. The molecule has 0 aliphatic rings. The van der Waals surface area contributed by atoms with E-state index in [2.05, 4.69) is 21.3 Å². The molecule has 0 spiro atoms. The van der Waals surface area contributed by atoms with Crippen molar-refractivity contribution < 1.29 is 267 Å². The Morgan fingerprint density at radius 2 is 0.331 bits per heavy atom. The van der Waals surface area contributed by atoms with E-state index >= 15 is 0 Å². The predicted molar refractivity (Wildman–Crippen MR) is 505 cm³/mol. The minimum atomic E-state index is -1.94. The number of amides is 3. The fourth-order valence-corrected chi connectivity index (χ4v) is 12.7. The Balaban J connectivity index is 5.08. The number of ether oxygens (including phenoxy) is 21. The van der Waals surface area contributed by atoms with E-state index in [1.165, 1.54) is 14.7 Å². The first-order valence-electron chi connectivity index (χ1n) is 48.9. The van der Waals surface area contributed by atoms with Crippen LogP contribution in [0, 0.1) is 5.41 Å². The summed E-state index contributed by atoms with van der Waals surface area (Å²) >= 11 is 0. The van der Waals surface area contributed by atoms with Gasteiger partial charge in [-0.25, -0.2) is 14.4 Å². The van der Waals surface area contributed by atoms with Crippen molar-refractivity contribution in [3.8, 4) is 0 Å². The molecule has 0 rings (SSSR count). The van der Waals surface area contributed by atoms with Crippen molar-refractivity contribution in [2.45, 2.75) is 146 Å². The summed E-state index contributed by atoms with van der Waals surface area (Å²) in [5.41, 5.74) is -1.34. The molecule has 0 aliphatic heterocycles. The maximum absolute atomic E-state index is 13.0. The first kappa shape index (κ1) is 144. The predicted octanol–water partition coefficient (Wildman–Crippen LogP) is -19.8. The second-order valence-corrected chi connectivity index (χ2v) is 33.6. The Kier molecular flexibility index (Phi) is 91.2. The summed E-state index contributed by atoms with van der Waals surface area (Å²) in [4.78, 5) is 43.0. The highest BCUT2D eigenvalue weighted by Gasteiger charge is 2.41. The average Bonchev–Trinajstić information content (AvgIpc) is 0.859. The molecule has 34 N–H and O–H groups in total. The lowest BCUT2D eigenvalue weighted by Gasteiger charge is -2.33. The lowest BCUT2D eigenvalue weighted by Crippen LogP contribution is -2.53. The normalized spacial score (nSPS) is 17.2. The van der Waals surface area contributed by atoms with Crippen molar-refractivity contribution in [2.75, 3.05) is 389 Å². The molecule has 148 heavy (non-hydrogen) atoms. The molecular weight excluding hydrogens is 2010 g/mol. The molecule has 0 aliphatic carbocycles. The van der Waals surface area contributed by atoms with Crippen LogP contribution < -0.4 is 21.3 Å². The van der Waals surface area contributed by atoms with Gasteiger partial charge in [0.25, 0.3) is 0 Å². The minimum absolute atomic E-state index is 0.00498. The zero-order valence-corrected chi connectivity index (χ0v) is 84.4. The Morgan fingerprint density at radius 3 is 0.466 bits per heavy atom. The second-order valence-electron chi connectivity index (χ2n) is 33.6. The van der Waals surface area contributed by atoms with Gasteiger partial charge in [0.15, 0.2) is 0 Å². The van der Waals surface area contributed by atoms with Crippen molar-refractivity contribution in [1.82, 2.24) is 36.0 Å². The number of aliphatic hydroxyl groups is 30. The molecule has 61 heteroatoms. The largest absolute Gasteiger partial charge is 0.449 e. The van der Waals surface area contributed by atoms with Gasteiger partial charge in [0.2, 0.25) is 0 Å². The molecule has 0 radical (unpaired) electrons. The summed E-state index contributed by atoms with van der Waals surface area (Å²) in [7, 11) is 1.58. The summed E-state index contributed by atoms with van der Waals surface area (Å²) in [6, 6.07) is 0. The van der Waals surface area contributed by atoms with Gasteiger partial charge in [-0.1, -0.05) is 0 Å². The maximum Gasteiger partial charge on any atom is 0.407 e. The number of hydrogen-bond acceptors (Lipinski definition) is 58. The van der Waals surface area contributed by atoms with E-state index in [1.54, 1.807) is 7.05 Å². The van der Waals surface area contributed by atoms with Crippen LogP contribution in [0.25, 0.3) is 0 Å². The summed E-state index contributed by atoms with van der Waals surface area (Å²) in [6.07, 6.45) is -46.9. The van der Waals surface area contributed by atoms with Crippen LogP contribution in [0.1, 0.15) is 0 Å². The summed E-state index contributed by atoms with van der Waals surface area (Å²) in [5, 5.41) is 309. The lowest BCUT2D eigenvalue weighted by atomic mass is 9.91. The van der Waals surface area contributed by atoms with Crippen molar-refractivity contribution in [1.29, 1.82) is 0 Å². The van der Waals surface area contributed by atoms with E-state index in [9.17, 15) is 137 Å². The van der Waals surface area contributed by atoms with Crippen LogP contribution in [0.2, 0.25) is 0 Å². The van der Waals surface area contributed by atoms with Gasteiger partial charge in [-0.3, -0.25) is 14.7 Å². The Morgan fingerprint density at radius 1 is 0.203 bits per heavy atom. The molecule has 61 nitrogen and oxygen atoms in total. The van der Waals surface area contributed by atoms with Crippen molar-refractivity contribution in [2.24, 2.45) is 5.41 Å². The van der Waals surface area contributed by atoms with Gasteiger partial charge in [0.05, 0.1) is 320 Å². The molecule has 0 saturated carbocycles. The van der Waals surface area contributed by atoms with Crippen LogP contribution in [-0.2, 0) is 99.5 Å². The van der Waals surface area contributed by atoms with E-state index in [-0.39, 0.29) is 284 Å². The average molecular weight is 2190 g/mol. The zero-order valence-electron chi connectivity index (χ0n) is 84.4. The Labute approximate surface area is 859 Å². The fraction of sp³-hybridized carbons (Fsp3) is 0.966. The van der Waals surface area contributed by atoms with Crippen LogP contribution >= 0.6 is 0 Å². The molecule has 0 bridgehead atoms. The number of carbonyl (C=O) groups excluding carboxylic acids is 3. The molecule has 884 valence electrons. The summed E-state index contributed by atoms with van der Waals surface area (Å²) in [5.74, 6) is 0. The van der Waals surface area contributed by atoms with Gasteiger partial charge in [0.1, 0.15) is 130 Å². The van der Waals surface area contributed by atoms with Gasteiger partial charge in [-0.05, 0) is 7.05 Å². The third-order valence-electron chi connectivity index (χ3n) is 21.5. The SMILES string of the molecule is CNCC(COC(=O)NCCOCCOCCOCCOCCOCCOCCN(C[C@H](O)[C@@H](O)[C@H](O)[C@H](O)CO)C[C@H](O)[C@@H](O)[C@H](O)[C@H](O)CO)(COC(=O)NCCOCCOCCOCCOCCOCCOCCN(C[C@H](O)[C@@H](O)[C@H](O)[C@H](O)CO)C[C@H](O)[C@@H](O)[C@H](O)[C@H](O)CO)COC(=O)NCCOCCOCCOCCOCCOCCOCCN(C[C@H](O)[C@@H](O)[C@H](O)[C@H](O)CO)C[C@H](O)[C@@H](O)[C@H](O)[C@H](O)CO. The van der Waals surface area contributed by atoms with Gasteiger partial charge in [0, 0.05) is 85.1 Å². The number of alkyl carbamates (subject to hydrolysis) is 3. The highest BCUT2D eigenvalue weighted by molar-refractivity contribution is 5.68. The van der Waals surface area contributed by atoms with Crippen molar-refractivity contribution >= 4 is 18.3 Å². The number of nitrogens with zero attached hydrogens (tertiary/aromatic N) is 3. The number of nitrogens with one attached hydrogen (secondary N) is 4. The van der Waals surface area contributed by atoms with E-state index < -0.39 is 269 Å². The third kappa shape index (κ3) is 71.8. The second kappa shape index (κ2) is 93.9. The summed E-state index contributed by atoms with van der Waals surface area (Å²) in [6.45, 7) is -3.47. The maximum atomic E-state index is 13.0. The smallest absolute Gasteiger partial charge is 0.407 e. The molecule has 24 atom stereocenters. The molecule has 0 aromatic heterocycles. The van der Waals surface area contributed by atoms with Crippen LogP contribution in [0.5, 0.6) is 0 Å². The highest BCUT2D eigenvalue weighted by Crippen LogP contribution is 2.21. The summed E-state index contributed by atoms with van der Waals surface area (Å²) < 4.78 is 116. The van der Waals surface area contributed by atoms with Gasteiger partial charge < -0.3 is 274 Å². The van der Waals surface area contributed by atoms with Crippen LogP contribution in [0.3, 0.4) is 0 Å². The molecule has 0 fully saturated rings. The number of hydrogen-bond donors (Lipinski definition) is 34. The van der Waals surface area contributed by atoms with E-state index in [4.69, 9.17) is 130 Å². The molecule has 3 amide bonds. The molecule has 0 unspecified atom stereocenters. The van der Waals surface area contributed by atoms with Gasteiger partial charge in [-0.15, -0.1) is 0 Å². The van der Waals surface area contributed by atoms with Gasteiger partial charge in [-0.2, -0.15) is 0 Å². The zero-order chi connectivity index (χ0) is 111. The molecule has 0 aromatic carbocycles. The number of aliphatic hydroxyl groups excluding tert-OH is 30. The molecule has 0 saturated heterocycles. The molecule has 0 heterocycles. The lowest BCUT2D eigenvalue weighted by molar-refractivity contribution is -0.131. The van der Waals surface area contributed by atoms with E-state index in [0.29, 0.717) is 0 Å². The van der Waals surface area contributed by atoms with Crippen LogP contribution in [-0.4, -0.2) is 722 Å². The van der Waals surface area contributed by atoms with Gasteiger partial charge >= 0.3 is 18.3 Å². The third-order valence-corrected chi connectivity index (χ3v) is 21.5. The number of carbonyl (C=O) groups is 3. The van der Waals surface area contributed by atoms with E-state index in [0.717, 1.165) is 0 Å². The standard InChI is InChI=1S/C87H177N7O54/c1-88-56-87(57-146-84(125)89-2-8-128-14-20-134-26-32-140-38-41-143-35-29-137-23-17-131-11-5-92(44-60(101)72(113)78(119)66(107)50-95)45-61(102)73(114)79(120)67(108)51-96,58-147-85(126)90-3-9-129-15-21-135-27-33-141-39-42-144-36-30-138-24-18-132-12-6-93(46-62(103)74(115)80(121)68(109)52-97)47-63(104)75(116)81(122)69(110)53-98)59-148-86(127)91-4-10-130-16-22-136-28-34-142-40-43-145-37-31-139-25-19-133-13-7-94(48-64(105)76(117)82(123)70(111)54-99)49-65(106)77(118)83(124)71(112)55-100/h60-83,88,95-124H,2-59H2,1H3,(H,89,125)(H,90,126)(H,91,127)/t60-,61-,62-,63-,64-,65-,66+,67+,68+,69+,70+,71+,72+,73+,74+,75+,76+,77+,78+,79+,80+,81+,82+,83+/m0/s1. The van der Waals surface area contributed by atoms with Crippen molar-refractivity contribution in [3.63, 3.8) is 0 Å².